The third-order valence-electron chi connectivity index (χ3n) is 7.61. The summed E-state index contributed by atoms with van der Waals surface area (Å²) in [5, 5.41) is 11.1. The Kier molecular flexibility index (Phi) is 11.0. The smallest absolute Gasteiger partial charge is 0.273 e. The van der Waals surface area contributed by atoms with E-state index in [0.717, 1.165) is 5.56 Å². The predicted molar refractivity (Wildman–Crippen MR) is 169 cm³/mol. The minimum Gasteiger partial charge on any atom is -0.496 e. The first-order valence-corrected chi connectivity index (χ1v) is 16.0. The van der Waals surface area contributed by atoms with Crippen molar-refractivity contribution < 1.29 is 28.3 Å². The third kappa shape index (κ3) is 8.27. The average Bonchev–Trinajstić information content (AvgIpc) is 3.63. The van der Waals surface area contributed by atoms with Crippen molar-refractivity contribution in [2.45, 2.75) is 72.5 Å². The van der Waals surface area contributed by atoms with Gasteiger partial charge in [-0.05, 0) is 43.7 Å². The van der Waals surface area contributed by atoms with Gasteiger partial charge in [0.1, 0.15) is 28.3 Å². The lowest BCUT2D eigenvalue weighted by molar-refractivity contribution is -0.136. The van der Waals surface area contributed by atoms with Crippen LogP contribution in [0.4, 0.5) is 0 Å². The van der Waals surface area contributed by atoms with Crippen molar-refractivity contribution >= 4 is 35.0 Å². The molecule has 3 heterocycles. The van der Waals surface area contributed by atoms with Crippen LogP contribution in [0, 0.1) is 18.8 Å². The Morgan fingerprint density at radius 2 is 1.76 bits per heavy atom. The van der Waals surface area contributed by atoms with Crippen LogP contribution in [-0.4, -0.2) is 64.7 Å². The van der Waals surface area contributed by atoms with E-state index in [9.17, 15) is 19.2 Å². The van der Waals surface area contributed by atoms with Gasteiger partial charge >= 0.3 is 0 Å². The zero-order chi connectivity index (χ0) is 32.8. The maximum Gasteiger partial charge on any atom is 0.273 e. The molecule has 3 aromatic rings. The molecule has 3 atom stereocenters. The molecule has 0 radical (unpaired) electrons. The largest absolute Gasteiger partial charge is 0.496 e. The highest BCUT2D eigenvalue weighted by Gasteiger charge is 2.31. The molecule has 1 aliphatic rings. The summed E-state index contributed by atoms with van der Waals surface area (Å²) >= 11 is 1.28. The van der Waals surface area contributed by atoms with Gasteiger partial charge in [0.15, 0.2) is 5.69 Å². The number of oxazole rings is 1. The number of carbonyl (C=O) groups excluding carboxylic acids is 4. The van der Waals surface area contributed by atoms with Gasteiger partial charge in [0, 0.05) is 24.4 Å². The zero-order valence-electron chi connectivity index (χ0n) is 26.8. The Morgan fingerprint density at radius 3 is 2.44 bits per heavy atom. The number of thiazole rings is 1. The van der Waals surface area contributed by atoms with Crippen molar-refractivity contribution in [2.24, 2.45) is 11.8 Å². The van der Waals surface area contributed by atoms with Crippen molar-refractivity contribution in [2.75, 3.05) is 20.2 Å². The molecule has 4 amide bonds. The molecule has 3 N–H and O–H groups in total. The van der Waals surface area contributed by atoms with E-state index in [2.05, 4.69) is 25.9 Å². The number of nitrogens with zero attached hydrogens (tertiary/aromatic N) is 3. The highest BCUT2D eigenvalue weighted by molar-refractivity contribution is 7.09. The second-order valence-corrected chi connectivity index (χ2v) is 12.9. The summed E-state index contributed by atoms with van der Waals surface area (Å²) in [5.41, 5.74) is 1.16. The first-order valence-electron chi connectivity index (χ1n) is 15.1. The Bertz CT molecular complexity index is 1530. The van der Waals surface area contributed by atoms with E-state index in [1.165, 1.54) is 16.2 Å². The third-order valence-corrected chi connectivity index (χ3v) is 8.54. The molecule has 0 saturated heterocycles. The van der Waals surface area contributed by atoms with Gasteiger partial charge in [-0.1, -0.05) is 45.9 Å². The molecule has 13 heteroatoms. The molecule has 0 saturated carbocycles. The number of aryl methyl sites for hydroxylation is 2. The van der Waals surface area contributed by atoms with Gasteiger partial charge in [-0.3, -0.25) is 19.2 Å². The fourth-order valence-electron chi connectivity index (χ4n) is 5.16. The summed E-state index contributed by atoms with van der Waals surface area (Å²) in [7, 11) is 1.58. The quantitative estimate of drug-likeness (QED) is 0.366. The van der Waals surface area contributed by atoms with Gasteiger partial charge < -0.3 is 30.0 Å². The number of aromatic nitrogens is 2. The maximum atomic E-state index is 13.6. The van der Waals surface area contributed by atoms with Crippen molar-refractivity contribution in [1.82, 2.24) is 30.8 Å². The van der Waals surface area contributed by atoms with Gasteiger partial charge in [-0.15, -0.1) is 11.3 Å². The molecule has 1 aromatic carbocycles. The van der Waals surface area contributed by atoms with Gasteiger partial charge in [0.25, 0.3) is 11.8 Å². The SMILES string of the molecule is COc1ccccc1CCC(=O)N1CC(=O)N[C@@H](C(C)C)c2nc(cs2)C(=O)N[C@H](C(C)C)c2nc(c(C)o2)C(=O)N[C@H](C)C1. The molecular formula is C32H42N6O6S. The monoisotopic (exact) mass is 638 g/mol. The normalized spacial score (nSPS) is 19.9. The Morgan fingerprint density at radius 1 is 1.04 bits per heavy atom. The lowest BCUT2D eigenvalue weighted by atomic mass is 10.0. The lowest BCUT2D eigenvalue weighted by Crippen LogP contribution is -2.48. The number of nitrogens with one attached hydrogen (secondary N) is 3. The summed E-state index contributed by atoms with van der Waals surface area (Å²) in [4.78, 5) is 64.1. The predicted octanol–water partition coefficient (Wildman–Crippen LogP) is 3.98. The lowest BCUT2D eigenvalue weighted by Gasteiger charge is -2.28. The van der Waals surface area contributed by atoms with Crippen LogP contribution in [-0.2, 0) is 16.0 Å². The minimum atomic E-state index is -0.615. The molecule has 2 aromatic heterocycles. The fourth-order valence-corrected chi connectivity index (χ4v) is 6.18. The first kappa shape index (κ1) is 33.6. The van der Waals surface area contributed by atoms with Crippen LogP contribution < -0.4 is 20.7 Å². The Balaban J connectivity index is 1.66. The number of rotatable bonds is 6. The number of hydrogen-bond donors (Lipinski definition) is 3. The number of para-hydroxylation sites is 1. The van der Waals surface area contributed by atoms with Crippen LogP contribution in [0.15, 0.2) is 34.1 Å². The van der Waals surface area contributed by atoms with E-state index >= 15 is 0 Å². The molecular weight excluding hydrogens is 596 g/mol. The van der Waals surface area contributed by atoms with Crippen LogP contribution in [0.1, 0.15) is 96.3 Å². The van der Waals surface area contributed by atoms with Gasteiger partial charge in [0.2, 0.25) is 17.7 Å². The highest BCUT2D eigenvalue weighted by Crippen LogP contribution is 2.28. The molecule has 1 aliphatic heterocycles. The minimum absolute atomic E-state index is 0.0494. The molecule has 242 valence electrons. The van der Waals surface area contributed by atoms with E-state index in [1.807, 2.05) is 52.0 Å². The second-order valence-electron chi connectivity index (χ2n) is 12.0. The van der Waals surface area contributed by atoms with Crippen LogP contribution in [0.3, 0.4) is 0 Å². The molecule has 0 fully saturated rings. The van der Waals surface area contributed by atoms with E-state index in [0.29, 0.717) is 22.9 Å². The number of ether oxygens (including phenoxy) is 1. The second kappa shape index (κ2) is 14.7. The summed E-state index contributed by atoms with van der Waals surface area (Å²) in [5.74, 6) is -0.499. The van der Waals surface area contributed by atoms with Gasteiger partial charge in [-0.25, -0.2) is 9.97 Å². The molecule has 0 aliphatic carbocycles. The number of fused-ring (bicyclic) bond motifs is 4. The number of hydrogen-bond acceptors (Lipinski definition) is 9. The number of methoxy groups -OCH3 is 1. The van der Waals surface area contributed by atoms with Crippen LogP contribution >= 0.6 is 11.3 Å². The van der Waals surface area contributed by atoms with Crippen molar-refractivity contribution in [3.8, 4) is 5.75 Å². The summed E-state index contributed by atoms with van der Waals surface area (Å²) < 4.78 is 11.3. The number of amides is 4. The van der Waals surface area contributed by atoms with Gasteiger partial charge in [0.05, 0.1) is 19.7 Å². The van der Waals surface area contributed by atoms with Gasteiger partial charge in [-0.2, -0.15) is 0 Å². The van der Waals surface area contributed by atoms with Crippen LogP contribution in [0.2, 0.25) is 0 Å². The van der Waals surface area contributed by atoms with Crippen molar-refractivity contribution in [1.29, 1.82) is 0 Å². The number of carbonyl (C=O) groups is 4. The van der Waals surface area contributed by atoms with Crippen LogP contribution in [0.25, 0.3) is 0 Å². The first-order chi connectivity index (χ1) is 21.4. The van der Waals surface area contributed by atoms with E-state index < -0.39 is 29.9 Å². The molecule has 0 unspecified atom stereocenters. The van der Waals surface area contributed by atoms with Crippen molar-refractivity contribution in [3.05, 3.63) is 63.3 Å². The Labute approximate surface area is 267 Å². The number of benzene rings is 1. The van der Waals surface area contributed by atoms with Crippen molar-refractivity contribution in [3.63, 3.8) is 0 Å². The highest BCUT2D eigenvalue weighted by atomic mass is 32.1. The zero-order valence-corrected chi connectivity index (χ0v) is 27.6. The molecule has 4 bridgehead atoms. The van der Waals surface area contributed by atoms with E-state index in [4.69, 9.17) is 9.15 Å². The van der Waals surface area contributed by atoms with E-state index in [1.54, 1.807) is 26.3 Å². The topological polar surface area (TPSA) is 156 Å². The summed E-state index contributed by atoms with van der Waals surface area (Å²) in [6.45, 7) is 11.0. The van der Waals surface area contributed by atoms with E-state index in [-0.39, 0.29) is 60.4 Å². The fraction of sp³-hybridized carbons (Fsp3) is 0.500. The average molecular weight is 639 g/mol. The molecule has 4 rings (SSSR count). The van der Waals surface area contributed by atoms with Crippen LogP contribution in [0.5, 0.6) is 5.75 Å². The standard InChI is InChI=1S/C32H42N6O6S/c1-17(2)26-31-37-28(20(6)44-31)30(42)33-19(5)14-38(25(40)13-12-21-10-8-9-11-23(21)43-7)15-24(39)35-27(18(3)4)32-34-22(16-45-32)29(41)36-26/h8-11,16-19,26-27H,12-15H2,1-7H3,(H,33,42)(H,35,39)(H,36,41)/t19-,26-,27+/m1/s1. The summed E-state index contributed by atoms with van der Waals surface area (Å²) in [6, 6.07) is 5.85. The molecule has 12 nitrogen and oxygen atoms in total. The molecule has 0 spiro atoms. The Hall–Kier alpha value is -4.26. The molecule has 45 heavy (non-hydrogen) atoms. The maximum absolute atomic E-state index is 13.6. The summed E-state index contributed by atoms with van der Waals surface area (Å²) in [6.07, 6.45) is 0.549.